The number of nitrogens with one attached hydrogen (secondary N) is 3. The van der Waals surface area contributed by atoms with Gasteiger partial charge in [-0.05, 0) is 43.3 Å². The van der Waals surface area contributed by atoms with Crippen LogP contribution in [-0.2, 0) is 14.8 Å². The van der Waals surface area contributed by atoms with Gasteiger partial charge in [0.2, 0.25) is 15.9 Å². The Hall–Kier alpha value is -2.71. The van der Waals surface area contributed by atoms with E-state index in [0.29, 0.717) is 11.3 Å². The maximum atomic E-state index is 12.1. The monoisotopic (exact) mass is 375 g/mol. The number of carbonyl (C=O) groups is 2. The molecule has 2 amide bonds. The van der Waals surface area contributed by atoms with Crippen LogP contribution in [0.2, 0.25) is 0 Å². The fraction of sp³-hybridized carbons (Fsp3) is 0.222. The van der Waals surface area contributed by atoms with E-state index in [-0.39, 0.29) is 29.7 Å². The van der Waals surface area contributed by atoms with Gasteiger partial charge in [-0.1, -0.05) is 17.7 Å². The van der Waals surface area contributed by atoms with Crippen LogP contribution >= 0.6 is 0 Å². The minimum absolute atomic E-state index is 0.0116. The molecule has 0 spiro atoms. The lowest BCUT2D eigenvalue weighted by Crippen LogP contribution is -2.27. The Bertz CT molecular complexity index is 876. The number of anilines is 1. The van der Waals surface area contributed by atoms with Gasteiger partial charge in [0.25, 0.3) is 5.91 Å². The van der Waals surface area contributed by atoms with E-state index < -0.39 is 10.0 Å². The Morgan fingerprint density at radius 2 is 1.58 bits per heavy atom. The summed E-state index contributed by atoms with van der Waals surface area (Å²) in [4.78, 5) is 23.5. The van der Waals surface area contributed by atoms with Gasteiger partial charge in [0.05, 0.1) is 4.90 Å². The van der Waals surface area contributed by atoms with E-state index in [1.807, 2.05) is 6.92 Å². The van der Waals surface area contributed by atoms with Gasteiger partial charge in [-0.2, -0.15) is 0 Å². The molecule has 7 nitrogen and oxygen atoms in total. The Labute approximate surface area is 152 Å². The van der Waals surface area contributed by atoms with Gasteiger partial charge in [0, 0.05) is 31.3 Å². The highest BCUT2D eigenvalue weighted by atomic mass is 32.2. The molecule has 0 aliphatic carbocycles. The lowest BCUT2D eigenvalue weighted by molar-refractivity contribution is -0.116. The Morgan fingerprint density at radius 1 is 0.962 bits per heavy atom. The van der Waals surface area contributed by atoms with Crippen LogP contribution in [0.25, 0.3) is 0 Å². The number of aryl methyl sites for hydroxylation is 1. The van der Waals surface area contributed by atoms with E-state index in [0.717, 1.165) is 5.56 Å². The molecule has 138 valence electrons. The molecule has 8 heteroatoms. The van der Waals surface area contributed by atoms with Crippen molar-refractivity contribution in [1.29, 1.82) is 0 Å². The fourth-order valence-corrected chi connectivity index (χ4v) is 3.20. The number of carbonyl (C=O) groups excluding carboxylic acids is 2. The molecular formula is C18H21N3O4S. The normalized spacial score (nSPS) is 11.0. The van der Waals surface area contributed by atoms with Crippen molar-refractivity contribution in [2.75, 3.05) is 18.9 Å². The van der Waals surface area contributed by atoms with Crippen molar-refractivity contribution in [2.24, 2.45) is 0 Å². The number of hydrogen-bond donors (Lipinski definition) is 3. The van der Waals surface area contributed by atoms with Crippen LogP contribution in [0.1, 0.15) is 22.3 Å². The average Bonchev–Trinajstić information content (AvgIpc) is 2.62. The molecule has 0 aliphatic heterocycles. The summed E-state index contributed by atoms with van der Waals surface area (Å²) in [6, 6.07) is 12.9. The minimum atomic E-state index is -3.64. The van der Waals surface area contributed by atoms with E-state index in [1.165, 1.54) is 19.2 Å². The molecule has 0 saturated heterocycles. The van der Waals surface area contributed by atoms with Crippen LogP contribution in [0.5, 0.6) is 0 Å². The van der Waals surface area contributed by atoms with E-state index >= 15 is 0 Å². The van der Waals surface area contributed by atoms with Gasteiger partial charge >= 0.3 is 0 Å². The zero-order valence-electron chi connectivity index (χ0n) is 14.6. The summed E-state index contributed by atoms with van der Waals surface area (Å²) in [6.45, 7) is 1.85. The van der Waals surface area contributed by atoms with Crippen LogP contribution < -0.4 is 15.4 Å². The molecule has 0 bridgehead atoms. The molecule has 0 unspecified atom stereocenters. The third-order valence-electron chi connectivity index (χ3n) is 3.63. The molecular weight excluding hydrogens is 354 g/mol. The summed E-state index contributed by atoms with van der Waals surface area (Å²) in [5, 5.41) is 5.16. The fourth-order valence-electron chi connectivity index (χ4n) is 2.17. The first-order chi connectivity index (χ1) is 12.3. The van der Waals surface area contributed by atoms with Crippen molar-refractivity contribution in [3.05, 3.63) is 59.7 Å². The highest BCUT2D eigenvalue weighted by Crippen LogP contribution is 2.11. The molecule has 0 atom stereocenters. The Kier molecular flexibility index (Phi) is 6.48. The minimum Gasteiger partial charge on any atom is -0.355 e. The van der Waals surface area contributed by atoms with Crippen LogP contribution in [0.3, 0.4) is 0 Å². The molecule has 2 aromatic carbocycles. The highest BCUT2D eigenvalue weighted by Gasteiger charge is 2.14. The topological polar surface area (TPSA) is 104 Å². The van der Waals surface area contributed by atoms with Crippen molar-refractivity contribution >= 4 is 27.5 Å². The number of hydrogen-bond acceptors (Lipinski definition) is 4. The first-order valence-corrected chi connectivity index (χ1v) is 9.48. The smallest absolute Gasteiger partial charge is 0.251 e. The third kappa shape index (κ3) is 5.40. The maximum Gasteiger partial charge on any atom is 0.251 e. The third-order valence-corrected chi connectivity index (χ3v) is 5.11. The molecule has 0 heterocycles. The molecule has 0 aromatic heterocycles. The zero-order valence-corrected chi connectivity index (χ0v) is 15.4. The summed E-state index contributed by atoms with van der Waals surface area (Å²) in [6.07, 6.45) is -0.0116. The van der Waals surface area contributed by atoms with Gasteiger partial charge in [-0.15, -0.1) is 0 Å². The maximum absolute atomic E-state index is 12.1. The van der Waals surface area contributed by atoms with Crippen molar-refractivity contribution in [3.63, 3.8) is 0 Å². The quantitative estimate of drug-likeness (QED) is 0.684. The molecule has 26 heavy (non-hydrogen) atoms. The Morgan fingerprint density at radius 3 is 2.15 bits per heavy atom. The molecule has 0 radical (unpaired) electrons. The predicted octanol–water partition coefficient (Wildman–Crippen LogP) is 1.66. The summed E-state index contributed by atoms with van der Waals surface area (Å²) in [5.41, 5.74) is 1.98. The second-order valence-electron chi connectivity index (χ2n) is 5.67. The molecule has 3 N–H and O–H groups in total. The second kappa shape index (κ2) is 8.59. The second-order valence-corrected chi connectivity index (χ2v) is 7.43. The van der Waals surface area contributed by atoms with Crippen LogP contribution in [0, 0.1) is 6.92 Å². The van der Waals surface area contributed by atoms with Gasteiger partial charge in [-0.25, -0.2) is 13.1 Å². The number of amides is 2. The molecule has 0 fully saturated rings. The summed E-state index contributed by atoms with van der Waals surface area (Å²) in [7, 11) is -2.10. The molecule has 2 rings (SSSR count). The van der Waals surface area contributed by atoms with Crippen molar-refractivity contribution in [3.8, 4) is 0 Å². The van der Waals surface area contributed by atoms with Crippen LogP contribution in [0.4, 0.5) is 5.69 Å². The lowest BCUT2D eigenvalue weighted by atomic mass is 10.2. The largest absolute Gasteiger partial charge is 0.355 e. The summed E-state index contributed by atoms with van der Waals surface area (Å²) >= 11 is 0. The lowest BCUT2D eigenvalue weighted by Gasteiger charge is -2.08. The summed E-state index contributed by atoms with van der Waals surface area (Å²) in [5.74, 6) is -0.544. The van der Waals surface area contributed by atoms with Crippen LogP contribution in [0.15, 0.2) is 53.4 Å². The van der Waals surface area contributed by atoms with Crippen molar-refractivity contribution < 1.29 is 18.0 Å². The van der Waals surface area contributed by atoms with E-state index in [4.69, 9.17) is 0 Å². The standard InChI is InChI=1S/C18H21N3O4S/c1-13-3-9-16(10-4-13)26(24,25)20-12-11-17(22)21-15-7-5-14(6-8-15)18(23)19-2/h3-10,20H,11-12H2,1-2H3,(H,19,23)(H,21,22). The van der Waals surface area contributed by atoms with Crippen molar-refractivity contribution in [1.82, 2.24) is 10.0 Å². The van der Waals surface area contributed by atoms with Crippen molar-refractivity contribution in [2.45, 2.75) is 18.2 Å². The van der Waals surface area contributed by atoms with E-state index in [2.05, 4.69) is 15.4 Å². The van der Waals surface area contributed by atoms with Gasteiger partial charge in [0.15, 0.2) is 0 Å². The van der Waals surface area contributed by atoms with Crippen LogP contribution in [-0.4, -0.2) is 33.8 Å². The predicted molar refractivity (Wildman–Crippen MR) is 99.4 cm³/mol. The first kappa shape index (κ1) is 19.6. The highest BCUT2D eigenvalue weighted by molar-refractivity contribution is 7.89. The van der Waals surface area contributed by atoms with E-state index in [9.17, 15) is 18.0 Å². The number of rotatable bonds is 7. The van der Waals surface area contributed by atoms with Gasteiger partial charge < -0.3 is 10.6 Å². The number of benzene rings is 2. The zero-order chi connectivity index (χ0) is 19.2. The number of sulfonamides is 1. The first-order valence-electron chi connectivity index (χ1n) is 8.00. The Balaban J connectivity index is 1.85. The molecule has 0 saturated carbocycles. The van der Waals surface area contributed by atoms with Gasteiger partial charge in [-0.3, -0.25) is 9.59 Å². The molecule has 2 aromatic rings. The summed E-state index contributed by atoms with van der Waals surface area (Å²) < 4.78 is 26.7. The van der Waals surface area contributed by atoms with E-state index in [1.54, 1.807) is 36.4 Å². The SMILES string of the molecule is CNC(=O)c1ccc(NC(=O)CCNS(=O)(=O)c2ccc(C)cc2)cc1. The molecule has 0 aliphatic rings. The average molecular weight is 375 g/mol. The van der Waals surface area contributed by atoms with Gasteiger partial charge in [0.1, 0.15) is 0 Å².